The van der Waals surface area contributed by atoms with Crippen molar-refractivity contribution >= 4 is 17.8 Å². The van der Waals surface area contributed by atoms with E-state index in [0.29, 0.717) is 12.8 Å². The lowest BCUT2D eigenvalue weighted by Crippen LogP contribution is -2.41. The van der Waals surface area contributed by atoms with Crippen LogP contribution in [0.3, 0.4) is 0 Å². The van der Waals surface area contributed by atoms with E-state index >= 15 is 0 Å². The van der Waals surface area contributed by atoms with E-state index < -0.39 is 5.54 Å². The highest BCUT2D eigenvalue weighted by Crippen LogP contribution is 2.17. The first kappa shape index (κ1) is 15.5. The second kappa shape index (κ2) is 5.19. The van der Waals surface area contributed by atoms with Gasteiger partial charge in [-0.15, -0.1) is 0 Å². The molecule has 0 aromatic carbocycles. The van der Waals surface area contributed by atoms with Gasteiger partial charge in [0.25, 0.3) is 5.91 Å². The summed E-state index contributed by atoms with van der Waals surface area (Å²) in [6.07, 6.45) is 0.770. The van der Waals surface area contributed by atoms with Gasteiger partial charge in [0.2, 0.25) is 5.91 Å². The Labute approximate surface area is 113 Å². The molecule has 1 heterocycles. The molecule has 1 saturated heterocycles. The van der Waals surface area contributed by atoms with Gasteiger partial charge < -0.3 is 10.6 Å². The van der Waals surface area contributed by atoms with Gasteiger partial charge in [0.05, 0.1) is 0 Å². The Kier molecular flexibility index (Phi) is 4.22. The van der Waals surface area contributed by atoms with Crippen molar-refractivity contribution in [2.45, 2.75) is 58.5 Å². The van der Waals surface area contributed by atoms with E-state index in [2.05, 4.69) is 10.6 Å². The van der Waals surface area contributed by atoms with Gasteiger partial charge in [0.15, 0.2) is 0 Å². The lowest BCUT2D eigenvalue weighted by molar-refractivity contribution is -0.130. The number of carbonyl (C=O) groups is 3. The van der Waals surface area contributed by atoms with Crippen LogP contribution in [0.15, 0.2) is 0 Å². The number of hydrogen-bond donors (Lipinski definition) is 2. The monoisotopic (exact) mass is 269 g/mol. The highest BCUT2D eigenvalue weighted by molar-refractivity contribution is 6.06. The fourth-order valence-corrected chi connectivity index (χ4v) is 1.90. The normalized spacial score (nSPS) is 18.5. The predicted octanol–water partition coefficient (Wildman–Crippen LogP) is 1.01. The molecule has 2 N–H and O–H groups in total. The van der Waals surface area contributed by atoms with Gasteiger partial charge in [-0.1, -0.05) is 0 Å². The molecule has 0 aliphatic carbocycles. The number of nitrogens with zero attached hydrogens (tertiary/aromatic N) is 1. The Hall–Kier alpha value is -1.59. The molecule has 0 aromatic rings. The van der Waals surface area contributed by atoms with Crippen LogP contribution in [-0.4, -0.2) is 40.4 Å². The molecule has 0 atom stereocenters. The number of nitrogens with one attached hydrogen (secondary N) is 2. The minimum atomic E-state index is -0.843. The zero-order valence-corrected chi connectivity index (χ0v) is 12.3. The number of imide groups is 1. The van der Waals surface area contributed by atoms with Crippen molar-refractivity contribution in [3.05, 3.63) is 0 Å². The lowest BCUT2D eigenvalue weighted by Gasteiger charge is -2.21. The van der Waals surface area contributed by atoms with Crippen molar-refractivity contribution in [1.29, 1.82) is 0 Å². The SMILES string of the molecule is CC(C)(C)NC(=O)CCCN1C(=O)NC(C)(C)C1=O. The summed E-state index contributed by atoms with van der Waals surface area (Å²) in [6, 6.07) is -0.383. The summed E-state index contributed by atoms with van der Waals surface area (Å²) in [5.41, 5.74) is -1.11. The number of urea groups is 1. The summed E-state index contributed by atoms with van der Waals surface area (Å²) in [7, 11) is 0. The zero-order chi connectivity index (χ0) is 14.8. The maximum absolute atomic E-state index is 11.9. The van der Waals surface area contributed by atoms with Crippen molar-refractivity contribution in [1.82, 2.24) is 15.5 Å². The van der Waals surface area contributed by atoms with Gasteiger partial charge in [-0.25, -0.2) is 4.79 Å². The van der Waals surface area contributed by atoms with Crippen LogP contribution >= 0.6 is 0 Å². The quantitative estimate of drug-likeness (QED) is 0.748. The largest absolute Gasteiger partial charge is 0.352 e. The van der Waals surface area contributed by atoms with Crippen LogP contribution in [-0.2, 0) is 9.59 Å². The molecular formula is C13H23N3O3. The molecule has 1 aliphatic rings. The fourth-order valence-electron chi connectivity index (χ4n) is 1.90. The predicted molar refractivity (Wildman–Crippen MR) is 71.5 cm³/mol. The molecule has 19 heavy (non-hydrogen) atoms. The van der Waals surface area contributed by atoms with Gasteiger partial charge in [-0.05, 0) is 41.0 Å². The summed E-state index contributed by atoms with van der Waals surface area (Å²) in [5, 5.41) is 5.45. The van der Waals surface area contributed by atoms with E-state index in [1.165, 1.54) is 4.90 Å². The topological polar surface area (TPSA) is 78.5 Å². The maximum Gasteiger partial charge on any atom is 0.325 e. The highest BCUT2D eigenvalue weighted by Gasteiger charge is 2.43. The van der Waals surface area contributed by atoms with Crippen LogP contribution < -0.4 is 10.6 Å². The molecule has 0 bridgehead atoms. The first-order chi connectivity index (χ1) is 8.53. The van der Waals surface area contributed by atoms with Crippen molar-refractivity contribution in [3.63, 3.8) is 0 Å². The van der Waals surface area contributed by atoms with Crippen LogP contribution in [0.1, 0.15) is 47.5 Å². The van der Waals surface area contributed by atoms with Crippen molar-refractivity contribution in [2.75, 3.05) is 6.54 Å². The number of rotatable bonds is 4. The Morgan fingerprint density at radius 2 is 1.89 bits per heavy atom. The number of carbonyl (C=O) groups excluding carboxylic acids is 3. The van der Waals surface area contributed by atoms with E-state index in [1.54, 1.807) is 13.8 Å². The molecule has 6 nitrogen and oxygen atoms in total. The third-order valence-corrected chi connectivity index (χ3v) is 2.74. The highest BCUT2D eigenvalue weighted by atomic mass is 16.2. The van der Waals surface area contributed by atoms with Gasteiger partial charge in [-0.3, -0.25) is 14.5 Å². The van der Waals surface area contributed by atoms with Crippen LogP contribution in [0.4, 0.5) is 4.79 Å². The second-order valence-electron chi connectivity index (χ2n) is 6.41. The summed E-state index contributed by atoms with van der Waals surface area (Å²) in [5.74, 6) is -0.312. The van der Waals surface area contributed by atoms with E-state index in [4.69, 9.17) is 0 Å². The first-order valence-corrected chi connectivity index (χ1v) is 6.48. The molecule has 1 aliphatic heterocycles. The third kappa shape index (κ3) is 4.22. The van der Waals surface area contributed by atoms with Crippen molar-refractivity contribution in [2.24, 2.45) is 0 Å². The molecule has 0 saturated carbocycles. The van der Waals surface area contributed by atoms with E-state index in [1.807, 2.05) is 20.8 Å². The van der Waals surface area contributed by atoms with Crippen molar-refractivity contribution < 1.29 is 14.4 Å². The molecule has 0 radical (unpaired) electrons. The van der Waals surface area contributed by atoms with E-state index in [-0.39, 0.29) is 29.9 Å². The Bertz CT molecular complexity index is 396. The Morgan fingerprint density at radius 1 is 1.32 bits per heavy atom. The average Bonchev–Trinajstić information content (AvgIpc) is 2.37. The molecule has 0 aromatic heterocycles. The lowest BCUT2D eigenvalue weighted by atomic mass is 10.1. The van der Waals surface area contributed by atoms with Crippen LogP contribution in [0.2, 0.25) is 0 Å². The van der Waals surface area contributed by atoms with Gasteiger partial charge in [0.1, 0.15) is 5.54 Å². The molecule has 1 fully saturated rings. The molecule has 108 valence electrons. The van der Waals surface area contributed by atoms with Crippen LogP contribution in [0.5, 0.6) is 0 Å². The molecule has 4 amide bonds. The van der Waals surface area contributed by atoms with Gasteiger partial charge in [0, 0.05) is 18.5 Å². The first-order valence-electron chi connectivity index (χ1n) is 6.48. The van der Waals surface area contributed by atoms with Gasteiger partial charge >= 0.3 is 6.03 Å². The molecule has 1 rings (SSSR count). The summed E-state index contributed by atoms with van der Waals surface area (Å²) in [6.45, 7) is 9.32. The summed E-state index contributed by atoms with van der Waals surface area (Å²) < 4.78 is 0. The van der Waals surface area contributed by atoms with Crippen LogP contribution in [0, 0.1) is 0 Å². The number of amides is 4. The summed E-state index contributed by atoms with van der Waals surface area (Å²) >= 11 is 0. The Balaban J connectivity index is 2.40. The molecule has 0 unspecified atom stereocenters. The summed E-state index contributed by atoms with van der Waals surface area (Å²) in [4.78, 5) is 36.3. The van der Waals surface area contributed by atoms with E-state index in [9.17, 15) is 14.4 Å². The maximum atomic E-state index is 11.9. The molecule has 6 heteroatoms. The minimum Gasteiger partial charge on any atom is -0.352 e. The second-order valence-corrected chi connectivity index (χ2v) is 6.41. The third-order valence-electron chi connectivity index (χ3n) is 2.74. The Morgan fingerprint density at radius 3 is 2.32 bits per heavy atom. The zero-order valence-electron chi connectivity index (χ0n) is 12.3. The van der Waals surface area contributed by atoms with Gasteiger partial charge in [-0.2, -0.15) is 0 Å². The smallest absolute Gasteiger partial charge is 0.325 e. The minimum absolute atomic E-state index is 0.0705. The fraction of sp³-hybridized carbons (Fsp3) is 0.769. The van der Waals surface area contributed by atoms with E-state index in [0.717, 1.165) is 0 Å². The molecular weight excluding hydrogens is 246 g/mol. The average molecular weight is 269 g/mol. The molecule has 0 spiro atoms. The standard InChI is InChI=1S/C13H23N3O3/c1-12(2,3)14-9(17)7-6-8-16-10(18)13(4,5)15-11(16)19/h6-8H2,1-5H3,(H,14,17)(H,15,19). The van der Waals surface area contributed by atoms with Crippen LogP contribution in [0.25, 0.3) is 0 Å². The number of hydrogen-bond acceptors (Lipinski definition) is 3. The van der Waals surface area contributed by atoms with Crippen molar-refractivity contribution in [3.8, 4) is 0 Å².